The number of rotatable bonds is 1. The fraction of sp³-hybridized carbons (Fsp3) is 0.0417. The molecule has 3 heteroatoms. The van der Waals surface area contributed by atoms with Crippen molar-refractivity contribution in [2.75, 3.05) is 6.79 Å². The lowest BCUT2D eigenvalue weighted by Gasteiger charge is -2.03. The molecule has 0 bridgehead atoms. The normalized spacial score (nSPS) is 15.2. The number of ether oxygens (including phenoxy) is 2. The molecule has 3 aromatic carbocycles. The third-order valence-electron chi connectivity index (χ3n) is 5.28. The number of para-hydroxylation sites is 1. The maximum Gasteiger partial charge on any atom is 0.231 e. The highest BCUT2D eigenvalue weighted by molar-refractivity contribution is 6.02. The zero-order valence-electron chi connectivity index (χ0n) is 14.6. The van der Waals surface area contributed by atoms with Crippen LogP contribution < -0.4 is 14.0 Å². The molecule has 2 aliphatic heterocycles. The van der Waals surface area contributed by atoms with Crippen molar-refractivity contribution in [3.8, 4) is 17.2 Å². The molecule has 6 rings (SSSR count). The van der Waals surface area contributed by atoms with Gasteiger partial charge in [-0.1, -0.05) is 36.4 Å². The van der Waals surface area contributed by atoms with Crippen LogP contribution in [0.15, 0.2) is 79.0 Å². The molecule has 0 atom stereocenters. The highest BCUT2D eigenvalue weighted by atomic mass is 16.7. The van der Waals surface area contributed by atoms with Crippen LogP contribution in [0.3, 0.4) is 0 Å². The van der Waals surface area contributed by atoms with Crippen molar-refractivity contribution in [1.29, 1.82) is 0 Å². The molecule has 3 heterocycles. The minimum absolute atomic E-state index is 0.293. The highest BCUT2D eigenvalue weighted by Gasteiger charge is 2.33. The third kappa shape index (κ3) is 2.12. The Kier molecular flexibility index (Phi) is 2.94. The van der Waals surface area contributed by atoms with Crippen LogP contribution in [0.25, 0.3) is 28.1 Å². The summed E-state index contributed by atoms with van der Waals surface area (Å²) in [6.07, 6.45) is 4.41. The standard InChI is InChI=1S/C24H16NO2/c1-2-6-18-17(5-1)11-12-25-21-8-4-3-7-19(21)20(24(18)25)13-16-9-10-22-23(14-16)27-15-26-22/h1-14H,15H2/q+1/b20-13-. The van der Waals surface area contributed by atoms with Gasteiger partial charge in [0.15, 0.2) is 17.7 Å². The van der Waals surface area contributed by atoms with Gasteiger partial charge in [-0.05, 0) is 41.3 Å². The van der Waals surface area contributed by atoms with E-state index in [1.807, 2.05) is 12.1 Å². The molecular formula is C24H16NO2+. The van der Waals surface area contributed by atoms with Gasteiger partial charge in [0.25, 0.3) is 0 Å². The first-order chi connectivity index (χ1) is 13.4. The minimum Gasteiger partial charge on any atom is -0.454 e. The maximum atomic E-state index is 5.56. The molecule has 0 fully saturated rings. The number of pyridine rings is 1. The minimum atomic E-state index is 0.293. The summed E-state index contributed by atoms with van der Waals surface area (Å²) in [4.78, 5) is 0. The first-order valence-corrected chi connectivity index (χ1v) is 9.03. The van der Waals surface area contributed by atoms with Crippen molar-refractivity contribution in [3.05, 3.63) is 95.8 Å². The summed E-state index contributed by atoms with van der Waals surface area (Å²) >= 11 is 0. The Balaban J connectivity index is 1.64. The molecule has 4 aromatic rings. The van der Waals surface area contributed by atoms with E-state index >= 15 is 0 Å². The Bertz CT molecular complexity index is 1260. The summed E-state index contributed by atoms with van der Waals surface area (Å²) in [5.41, 5.74) is 6.01. The fourth-order valence-corrected chi connectivity index (χ4v) is 4.05. The van der Waals surface area contributed by atoms with Crippen molar-refractivity contribution in [2.24, 2.45) is 0 Å². The van der Waals surface area contributed by atoms with Crippen molar-refractivity contribution in [2.45, 2.75) is 0 Å². The van der Waals surface area contributed by atoms with Gasteiger partial charge in [0.05, 0.1) is 16.5 Å². The molecule has 0 amide bonds. The van der Waals surface area contributed by atoms with Crippen LogP contribution in [0, 0.1) is 0 Å². The van der Waals surface area contributed by atoms with Crippen molar-refractivity contribution in [1.82, 2.24) is 0 Å². The van der Waals surface area contributed by atoms with E-state index in [0.717, 1.165) is 17.1 Å². The summed E-state index contributed by atoms with van der Waals surface area (Å²) in [6.45, 7) is 0.293. The monoisotopic (exact) mass is 350 g/mol. The summed E-state index contributed by atoms with van der Waals surface area (Å²) in [6, 6.07) is 25.4. The van der Waals surface area contributed by atoms with E-state index < -0.39 is 0 Å². The van der Waals surface area contributed by atoms with Gasteiger partial charge >= 0.3 is 0 Å². The average Bonchev–Trinajstić information content (AvgIpc) is 3.31. The number of hydrogen-bond acceptors (Lipinski definition) is 2. The van der Waals surface area contributed by atoms with Gasteiger partial charge in [-0.3, -0.25) is 0 Å². The van der Waals surface area contributed by atoms with E-state index in [9.17, 15) is 0 Å². The molecule has 0 radical (unpaired) electrons. The van der Waals surface area contributed by atoms with Crippen LogP contribution >= 0.6 is 0 Å². The summed E-state index contributed by atoms with van der Waals surface area (Å²) in [7, 11) is 0. The van der Waals surface area contributed by atoms with Crippen LogP contribution in [-0.2, 0) is 0 Å². The summed E-state index contributed by atoms with van der Waals surface area (Å²) in [5, 5.41) is 2.50. The first kappa shape index (κ1) is 14.6. The molecule has 27 heavy (non-hydrogen) atoms. The van der Waals surface area contributed by atoms with Crippen LogP contribution in [0.5, 0.6) is 11.5 Å². The predicted octanol–water partition coefficient (Wildman–Crippen LogP) is 4.75. The Hall–Kier alpha value is -3.59. The zero-order chi connectivity index (χ0) is 17.8. The van der Waals surface area contributed by atoms with E-state index in [1.54, 1.807) is 0 Å². The molecule has 2 aliphatic rings. The topological polar surface area (TPSA) is 22.3 Å². The van der Waals surface area contributed by atoms with Gasteiger partial charge in [0.2, 0.25) is 18.2 Å². The van der Waals surface area contributed by atoms with E-state index in [-0.39, 0.29) is 0 Å². The van der Waals surface area contributed by atoms with Crippen molar-refractivity contribution in [3.63, 3.8) is 0 Å². The van der Waals surface area contributed by atoms with Gasteiger partial charge in [-0.25, -0.2) is 0 Å². The Morgan fingerprint density at radius 3 is 2.67 bits per heavy atom. The zero-order valence-corrected chi connectivity index (χ0v) is 14.6. The fourth-order valence-electron chi connectivity index (χ4n) is 4.05. The second-order valence-corrected chi connectivity index (χ2v) is 6.81. The smallest absolute Gasteiger partial charge is 0.231 e. The van der Waals surface area contributed by atoms with Crippen LogP contribution in [-0.4, -0.2) is 6.79 Å². The highest BCUT2D eigenvalue weighted by Crippen LogP contribution is 2.38. The van der Waals surface area contributed by atoms with Crippen LogP contribution in [0.2, 0.25) is 0 Å². The predicted molar refractivity (Wildman–Crippen MR) is 105 cm³/mol. The number of benzene rings is 3. The lowest BCUT2D eigenvalue weighted by atomic mass is 9.98. The third-order valence-corrected chi connectivity index (χ3v) is 5.28. The molecule has 0 unspecified atom stereocenters. The van der Waals surface area contributed by atoms with Crippen molar-refractivity contribution >= 4 is 22.4 Å². The Morgan fingerprint density at radius 2 is 1.67 bits per heavy atom. The molecule has 1 aromatic heterocycles. The molecule has 0 saturated carbocycles. The van der Waals surface area contributed by atoms with Gasteiger partial charge in [-0.15, -0.1) is 0 Å². The van der Waals surface area contributed by atoms with Gasteiger partial charge in [0.1, 0.15) is 0 Å². The van der Waals surface area contributed by atoms with E-state index in [1.165, 1.54) is 33.3 Å². The lowest BCUT2D eigenvalue weighted by molar-refractivity contribution is -0.592. The largest absolute Gasteiger partial charge is 0.454 e. The number of fused-ring (bicyclic) bond motifs is 6. The summed E-state index contributed by atoms with van der Waals surface area (Å²) < 4.78 is 13.3. The molecule has 3 nitrogen and oxygen atoms in total. The number of nitrogens with zero attached hydrogens (tertiary/aromatic N) is 1. The molecule has 0 aliphatic carbocycles. The van der Waals surface area contributed by atoms with Crippen molar-refractivity contribution < 1.29 is 14.0 Å². The molecule has 0 spiro atoms. The Labute approximate surface area is 156 Å². The first-order valence-electron chi connectivity index (χ1n) is 9.03. The number of hydrogen-bond donors (Lipinski definition) is 0. The van der Waals surface area contributed by atoms with E-state index in [0.29, 0.717) is 6.79 Å². The molecule has 128 valence electrons. The van der Waals surface area contributed by atoms with Crippen LogP contribution in [0.1, 0.15) is 16.8 Å². The molecule has 0 saturated heterocycles. The second-order valence-electron chi connectivity index (χ2n) is 6.81. The van der Waals surface area contributed by atoms with Gasteiger partial charge < -0.3 is 9.47 Å². The van der Waals surface area contributed by atoms with E-state index in [2.05, 4.69) is 77.5 Å². The summed E-state index contributed by atoms with van der Waals surface area (Å²) in [5.74, 6) is 1.62. The van der Waals surface area contributed by atoms with Gasteiger partial charge in [-0.2, -0.15) is 4.57 Å². The Morgan fingerprint density at radius 1 is 0.815 bits per heavy atom. The second kappa shape index (κ2) is 5.45. The molecular weight excluding hydrogens is 334 g/mol. The van der Waals surface area contributed by atoms with E-state index in [4.69, 9.17) is 9.47 Å². The number of aromatic nitrogens is 1. The van der Waals surface area contributed by atoms with Gasteiger partial charge in [0, 0.05) is 12.1 Å². The van der Waals surface area contributed by atoms with Crippen LogP contribution in [0.4, 0.5) is 0 Å². The quantitative estimate of drug-likeness (QED) is 0.407. The maximum absolute atomic E-state index is 5.56. The SMILES string of the molecule is C(=C1\c2ccccc2-[n+]2ccc3ccccc3c21)/c1ccc2c(c1)OCO2. The lowest BCUT2D eigenvalue weighted by Crippen LogP contribution is -2.30. The molecule has 0 N–H and O–H groups in total. The average molecular weight is 350 g/mol.